The lowest BCUT2D eigenvalue weighted by Gasteiger charge is -2.15. The van der Waals surface area contributed by atoms with Gasteiger partial charge in [0.1, 0.15) is 0 Å². The van der Waals surface area contributed by atoms with Crippen LogP contribution in [0, 0.1) is 0 Å². The molecule has 16 heavy (non-hydrogen) atoms. The van der Waals surface area contributed by atoms with Crippen molar-refractivity contribution in [1.82, 2.24) is 4.57 Å². The lowest BCUT2D eigenvalue weighted by Crippen LogP contribution is -2.15. The van der Waals surface area contributed by atoms with E-state index in [4.69, 9.17) is 0 Å². The average Bonchev–Trinajstić information content (AvgIpc) is 2.29. The third-order valence-electron chi connectivity index (χ3n) is 2.65. The number of hydrogen-bond donors (Lipinski definition) is 0. The molecule has 2 aromatic rings. The van der Waals surface area contributed by atoms with Crippen molar-refractivity contribution in [2.75, 3.05) is 0 Å². The van der Waals surface area contributed by atoms with Crippen LogP contribution < -0.4 is 5.43 Å². The van der Waals surface area contributed by atoms with E-state index in [9.17, 15) is 9.59 Å². The van der Waals surface area contributed by atoms with E-state index in [-0.39, 0.29) is 17.0 Å². The summed E-state index contributed by atoms with van der Waals surface area (Å²) in [5, 5.41) is 0.598. The maximum absolute atomic E-state index is 11.9. The Kier molecular flexibility index (Phi) is 2.60. The van der Waals surface area contributed by atoms with Gasteiger partial charge in [-0.15, -0.1) is 0 Å². The van der Waals surface area contributed by atoms with Gasteiger partial charge < -0.3 is 4.57 Å². The predicted octanol–water partition coefficient (Wildman–Crippen LogP) is 2.39. The van der Waals surface area contributed by atoms with Crippen molar-refractivity contribution in [2.24, 2.45) is 0 Å². The fraction of sp³-hybridized carbons (Fsp3) is 0.231. The van der Waals surface area contributed by atoms with Crippen LogP contribution in [0.25, 0.3) is 10.9 Å². The van der Waals surface area contributed by atoms with Gasteiger partial charge in [0, 0.05) is 17.6 Å². The minimum absolute atomic E-state index is 0.192. The van der Waals surface area contributed by atoms with Crippen molar-refractivity contribution in [3.63, 3.8) is 0 Å². The summed E-state index contributed by atoms with van der Waals surface area (Å²) in [5.74, 6) is 0. The number of aldehydes is 1. The summed E-state index contributed by atoms with van der Waals surface area (Å²) < 4.78 is 1.94. The maximum atomic E-state index is 11.9. The summed E-state index contributed by atoms with van der Waals surface area (Å²) in [6.07, 6.45) is 2.25. The molecule has 0 spiro atoms. The van der Waals surface area contributed by atoms with Gasteiger partial charge in [-0.25, -0.2) is 0 Å². The molecular weight excluding hydrogens is 202 g/mol. The number of hydrogen-bond acceptors (Lipinski definition) is 2. The minimum Gasteiger partial charge on any atom is -0.344 e. The Morgan fingerprint density at radius 3 is 2.56 bits per heavy atom. The van der Waals surface area contributed by atoms with E-state index in [0.29, 0.717) is 11.7 Å². The summed E-state index contributed by atoms with van der Waals surface area (Å²) in [4.78, 5) is 22.7. The summed E-state index contributed by atoms with van der Waals surface area (Å²) in [6, 6.07) is 7.56. The molecule has 2 rings (SSSR count). The molecule has 1 heterocycles. The van der Waals surface area contributed by atoms with Crippen LogP contribution in [0.5, 0.6) is 0 Å². The number of nitrogens with zero attached hydrogens (tertiary/aromatic N) is 1. The molecular formula is C13H13NO2. The smallest absolute Gasteiger partial charge is 0.199 e. The molecule has 0 unspecified atom stereocenters. The zero-order chi connectivity index (χ0) is 11.7. The van der Waals surface area contributed by atoms with E-state index in [2.05, 4.69) is 0 Å². The topological polar surface area (TPSA) is 39.1 Å². The molecule has 0 radical (unpaired) electrons. The highest BCUT2D eigenvalue weighted by molar-refractivity contribution is 5.86. The highest BCUT2D eigenvalue weighted by Gasteiger charge is 2.09. The number of para-hydroxylation sites is 1. The second kappa shape index (κ2) is 3.93. The molecule has 0 atom stereocenters. The molecule has 0 fully saturated rings. The summed E-state index contributed by atoms with van der Waals surface area (Å²) in [5.41, 5.74) is 0.892. The molecule has 0 N–H and O–H groups in total. The third kappa shape index (κ3) is 1.54. The molecule has 82 valence electrons. The number of rotatable bonds is 2. The van der Waals surface area contributed by atoms with Crippen molar-refractivity contribution < 1.29 is 4.79 Å². The third-order valence-corrected chi connectivity index (χ3v) is 2.65. The predicted molar refractivity (Wildman–Crippen MR) is 64.0 cm³/mol. The zero-order valence-corrected chi connectivity index (χ0v) is 9.31. The van der Waals surface area contributed by atoms with Gasteiger partial charge in [-0.05, 0) is 26.0 Å². The Balaban J connectivity index is 2.96. The molecule has 0 aliphatic heterocycles. The van der Waals surface area contributed by atoms with Crippen LogP contribution in [0.4, 0.5) is 0 Å². The Morgan fingerprint density at radius 2 is 1.94 bits per heavy atom. The average molecular weight is 215 g/mol. The standard InChI is InChI=1S/C13H13NO2/c1-9(2)14-7-10(8-15)13(16)11-5-3-4-6-12(11)14/h3-9H,1-2H3. The Hall–Kier alpha value is -1.90. The van der Waals surface area contributed by atoms with Crippen molar-refractivity contribution in [3.05, 3.63) is 46.2 Å². The largest absolute Gasteiger partial charge is 0.344 e. The second-order valence-electron chi connectivity index (χ2n) is 4.05. The van der Waals surface area contributed by atoms with Crippen LogP contribution in [-0.2, 0) is 0 Å². The number of carbonyl (C=O) groups excluding carboxylic acids is 1. The Labute approximate surface area is 93.3 Å². The molecule has 1 aromatic heterocycles. The van der Waals surface area contributed by atoms with Gasteiger partial charge in [-0.2, -0.15) is 0 Å². The molecule has 0 saturated carbocycles. The fourth-order valence-electron chi connectivity index (χ4n) is 1.84. The van der Waals surface area contributed by atoms with Crippen molar-refractivity contribution in [1.29, 1.82) is 0 Å². The first kappa shape index (κ1) is 10.6. The van der Waals surface area contributed by atoms with E-state index in [1.165, 1.54) is 0 Å². The highest BCUT2D eigenvalue weighted by Crippen LogP contribution is 2.15. The number of aromatic nitrogens is 1. The molecule has 3 heteroatoms. The van der Waals surface area contributed by atoms with Gasteiger partial charge in [0.05, 0.1) is 11.1 Å². The molecule has 3 nitrogen and oxygen atoms in total. The summed E-state index contributed by atoms with van der Waals surface area (Å²) in [6.45, 7) is 4.04. The minimum atomic E-state index is -0.192. The zero-order valence-electron chi connectivity index (χ0n) is 9.31. The second-order valence-corrected chi connectivity index (χ2v) is 4.05. The van der Waals surface area contributed by atoms with Gasteiger partial charge in [0.2, 0.25) is 0 Å². The first-order valence-corrected chi connectivity index (χ1v) is 5.24. The lowest BCUT2D eigenvalue weighted by atomic mass is 10.1. The normalized spacial score (nSPS) is 10.9. The van der Waals surface area contributed by atoms with Crippen LogP contribution in [-0.4, -0.2) is 10.9 Å². The first-order chi connectivity index (χ1) is 7.65. The Morgan fingerprint density at radius 1 is 1.25 bits per heavy atom. The molecule has 0 bridgehead atoms. The molecule has 0 saturated heterocycles. The molecule has 0 aliphatic carbocycles. The molecule has 1 aromatic carbocycles. The van der Waals surface area contributed by atoms with Crippen molar-refractivity contribution in [3.8, 4) is 0 Å². The van der Waals surface area contributed by atoms with Crippen molar-refractivity contribution >= 4 is 17.2 Å². The van der Waals surface area contributed by atoms with E-state index in [0.717, 1.165) is 5.52 Å². The fourth-order valence-corrected chi connectivity index (χ4v) is 1.84. The molecule has 0 amide bonds. The monoisotopic (exact) mass is 215 g/mol. The van der Waals surface area contributed by atoms with Gasteiger partial charge >= 0.3 is 0 Å². The van der Waals surface area contributed by atoms with Gasteiger partial charge in [0.25, 0.3) is 0 Å². The first-order valence-electron chi connectivity index (χ1n) is 5.24. The van der Waals surface area contributed by atoms with E-state index in [1.54, 1.807) is 12.3 Å². The van der Waals surface area contributed by atoms with Gasteiger partial charge in [-0.1, -0.05) is 12.1 Å². The number of pyridine rings is 1. The summed E-state index contributed by atoms with van der Waals surface area (Å²) in [7, 11) is 0. The number of benzene rings is 1. The van der Waals surface area contributed by atoms with Crippen LogP contribution in [0.3, 0.4) is 0 Å². The lowest BCUT2D eigenvalue weighted by molar-refractivity contribution is 0.112. The van der Waals surface area contributed by atoms with E-state index in [1.807, 2.05) is 36.6 Å². The maximum Gasteiger partial charge on any atom is 0.199 e. The number of fused-ring (bicyclic) bond motifs is 1. The molecule has 0 aliphatic rings. The number of carbonyl (C=O) groups is 1. The van der Waals surface area contributed by atoms with Crippen LogP contribution >= 0.6 is 0 Å². The van der Waals surface area contributed by atoms with Gasteiger partial charge in [-0.3, -0.25) is 9.59 Å². The van der Waals surface area contributed by atoms with Crippen LogP contribution in [0.15, 0.2) is 35.3 Å². The quantitative estimate of drug-likeness (QED) is 0.721. The van der Waals surface area contributed by atoms with Crippen LogP contribution in [0.1, 0.15) is 30.2 Å². The van der Waals surface area contributed by atoms with Crippen molar-refractivity contribution in [2.45, 2.75) is 19.9 Å². The van der Waals surface area contributed by atoms with E-state index < -0.39 is 0 Å². The van der Waals surface area contributed by atoms with E-state index >= 15 is 0 Å². The Bertz CT molecular complexity index is 596. The van der Waals surface area contributed by atoms with Crippen LogP contribution in [0.2, 0.25) is 0 Å². The SMILES string of the molecule is CC(C)n1cc(C=O)c(=O)c2ccccc21. The summed E-state index contributed by atoms with van der Waals surface area (Å²) >= 11 is 0. The van der Waals surface area contributed by atoms with Gasteiger partial charge in [0.15, 0.2) is 11.7 Å². The highest BCUT2D eigenvalue weighted by atomic mass is 16.1.